The van der Waals surface area contributed by atoms with Gasteiger partial charge in [0, 0.05) is 67.2 Å². The van der Waals surface area contributed by atoms with Crippen LogP contribution in [-0.4, -0.2) is 0 Å². The van der Waals surface area contributed by atoms with Gasteiger partial charge in [-0.15, -0.1) is 0 Å². The molecule has 4 nitrogen and oxygen atoms in total. The maximum Gasteiger partial charge on any atom is 0.137 e. The summed E-state index contributed by atoms with van der Waals surface area (Å²) in [7, 11) is 0. The molecular weight excluding hydrogens is 829 g/mol. The molecule has 0 fully saturated rings. The van der Waals surface area contributed by atoms with Gasteiger partial charge in [0.25, 0.3) is 0 Å². The Balaban J connectivity index is 0.891. The van der Waals surface area contributed by atoms with Gasteiger partial charge in [-0.3, -0.25) is 0 Å². The quantitative estimate of drug-likeness (QED) is 0.149. The van der Waals surface area contributed by atoms with Gasteiger partial charge in [-0.25, -0.2) is 0 Å². The SMILES string of the molecule is c1ccc2c(c1)cc(N(c1ccc(-c3ccc(N(c4ccc5c(c4)oc4ccccc45)c4cc5ccccc5c5ccccc45)cc3)cc1)c1ccc3c(c1)oc1ccccc13)c1ccccc12. The lowest BCUT2D eigenvalue weighted by atomic mass is 9.98. The minimum atomic E-state index is 0.860. The van der Waals surface area contributed by atoms with Gasteiger partial charge in [0.05, 0.1) is 11.4 Å². The van der Waals surface area contributed by atoms with Crippen molar-refractivity contribution in [3.63, 3.8) is 0 Å². The van der Waals surface area contributed by atoms with Crippen LogP contribution < -0.4 is 9.80 Å². The predicted molar refractivity (Wildman–Crippen MR) is 286 cm³/mol. The van der Waals surface area contributed by atoms with E-state index in [1.165, 1.54) is 43.1 Å². The Morgan fingerprint density at radius 1 is 0.221 bits per heavy atom. The van der Waals surface area contributed by atoms with E-state index in [0.717, 1.165) is 89.1 Å². The van der Waals surface area contributed by atoms with Crippen LogP contribution in [0, 0.1) is 0 Å². The molecule has 0 spiro atoms. The first-order chi connectivity index (χ1) is 33.7. The molecule has 2 heterocycles. The summed E-state index contributed by atoms with van der Waals surface area (Å²) in [5.41, 5.74) is 12.1. The fourth-order valence-electron chi connectivity index (χ4n) is 10.6. The van der Waals surface area contributed by atoms with Crippen LogP contribution in [0.15, 0.2) is 251 Å². The fraction of sp³-hybridized carbons (Fsp3) is 0. The molecule has 0 saturated carbocycles. The summed E-state index contributed by atoms with van der Waals surface area (Å²) in [5.74, 6) is 0. The van der Waals surface area contributed by atoms with Crippen LogP contribution in [0.25, 0.3) is 98.1 Å². The van der Waals surface area contributed by atoms with E-state index < -0.39 is 0 Å². The summed E-state index contributed by atoms with van der Waals surface area (Å²) in [4.78, 5) is 4.75. The van der Waals surface area contributed by atoms with Crippen LogP contribution >= 0.6 is 0 Å². The van der Waals surface area contributed by atoms with Crippen molar-refractivity contribution in [2.24, 2.45) is 0 Å². The van der Waals surface area contributed by atoms with Crippen LogP contribution in [0.1, 0.15) is 0 Å². The largest absolute Gasteiger partial charge is 0.456 e. The zero-order valence-electron chi connectivity index (χ0n) is 36.8. The third-order valence-electron chi connectivity index (χ3n) is 13.8. The van der Waals surface area contributed by atoms with Crippen LogP contribution in [0.4, 0.5) is 34.1 Å². The smallest absolute Gasteiger partial charge is 0.137 e. The molecule has 4 heteroatoms. The first-order valence-corrected chi connectivity index (χ1v) is 23.1. The zero-order chi connectivity index (χ0) is 44.7. The van der Waals surface area contributed by atoms with Crippen molar-refractivity contribution < 1.29 is 8.83 Å². The first kappa shape index (κ1) is 38.2. The van der Waals surface area contributed by atoms with Crippen molar-refractivity contribution in [3.05, 3.63) is 243 Å². The molecule has 68 heavy (non-hydrogen) atoms. The van der Waals surface area contributed by atoms with E-state index in [1.54, 1.807) is 0 Å². The second-order valence-electron chi connectivity index (χ2n) is 17.6. The van der Waals surface area contributed by atoms with Crippen molar-refractivity contribution in [3.8, 4) is 11.1 Å². The molecule has 0 saturated heterocycles. The van der Waals surface area contributed by atoms with Gasteiger partial charge in [0.1, 0.15) is 22.3 Å². The molecule has 0 N–H and O–H groups in total. The first-order valence-electron chi connectivity index (χ1n) is 23.1. The summed E-state index contributed by atoms with van der Waals surface area (Å²) in [6.07, 6.45) is 0. The average Bonchev–Trinajstić information content (AvgIpc) is 3.97. The molecule has 0 aliphatic carbocycles. The Morgan fingerprint density at radius 2 is 0.544 bits per heavy atom. The molecule has 14 aromatic rings. The Labute approximate surface area is 391 Å². The number of nitrogens with zero attached hydrogens (tertiary/aromatic N) is 2. The van der Waals surface area contributed by atoms with Gasteiger partial charge in [0.15, 0.2) is 0 Å². The number of fused-ring (bicyclic) bond motifs is 12. The van der Waals surface area contributed by atoms with Crippen LogP contribution in [-0.2, 0) is 0 Å². The minimum absolute atomic E-state index is 0.860. The third-order valence-corrected chi connectivity index (χ3v) is 13.8. The van der Waals surface area contributed by atoms with Gasteiger partial charge in [0.2, 0.25) is 0 Å². The number of para-hydroxylation sites is 2. The normalized spacial score (nSPS) is 11.8. The average molecular weight is 869 g/mol. The molecule has 0 aliphatic heterocycles. The van der Waals surface area contributed by atoms with Gasteiger partial charge < -0.3 is 18.6 Å². The number of anilines is 6. The van der Waals surface area contributed by atoms with E-state index in [2.05, 4.69) is 228 Å². The monoisotopic (exact) mass is 868 g/mol. The molecule has 12 aromatic carbocycles. The molecule has 2 aromatic heterocycles. The summed E-state index contributed by atoms with van der Waals surface area (Å²) >= 11 is 0. The molecule has 0 atom stereocenters. The number of rotatable bonds is 7. The van der Waals surface area contributed by atoms with Gasteiger partial charge >= 0.3 is 0 Å². The molecule has 0 aliphatic rings. The van der Waals surface area contributed by atoms with Gasteiger partial charge in [-0.05, 0) is 116 Å². The second-order valence-corrected chi connectivity index (χ2v) is 17.6. The van der Waals surface area contributed by atoms with Crippen LogP contribution in [0.5, 0.6) is 0 Å². The third kappa shape index (κ3) is 6.08. The fourth-order valence-corrected chi connectivity index (χ4v) is 10.6. The topological polar surface area (TPSA) is 32.8 Å². The summed E-state index contributed by atoms with van der Waals surface area (Å²) in [6, 6.07) is 87.1. The zero-order valence-corrected chi connectivity index (χ0v) is 36.8. The highest BCUT2D eigenvalue weighted by molar-refractivity contribution is 6.17. The Kier molecular flexibility index (Phi) is 8.55. The molecule has 0 radical (unpaired) electrons. The molecular formula is C64H40N2O2. The van der Waals surface area contributed by atoms with Crippen molar-refractivity contribution in [2.75, 3.05) is 9.80 Å². The number of hydrogen-bond acceptors (Lipinski definition) is 4. The van der Waals surface area contributed by atoms with Crippen molar-refractivity contribution in [1.29, 1.82) is 0 Å². The van der Waals surface area contributed by atoms with E-state index >= 15 is 0 Å². The maximum atomic E-state index is 6.47. The van der Waals surface area contributed by atoms with Crippen molar-refractivity contribution in [2.45, 2.75) is 0 Å². The Morgan fingerprint density at radius 3 is 0.971 bits per heavy atom. The molecule has 0 unspecified atom stereocenters. The van der Waals surface area contributed by atoms with Crippen molar-refractivity contribution >= 4 is 121 Å². The number of benzene rings is 12. The predicted octanol–water partition coefficient (Wildman–Crippen LogP) is 18.7. The summed E-state index contributed by atoms with van der Waals surface area (Å²) < 4.78 is 12.9. The second kappa shape index (κ2) is 15.2. The highest BCUT2D eigenvalue weighted by Gasteiger charge is 2.22. The van der Waals surface area contributed by atoms with E-state index in [1.807, 2.05) is 24.3 Å². The highest BCUT2D eigenvalue weighted by Crippen LogP contribution is 2.46. The standard InChI is InChI=1S/C64H40N2O2/c1-3-15-49-43(13-1)37-59(53-19-7-5-17-51(49)53)65(47-33-35-57-55-21-9-11-23-61(55)67-63(57)39-47)45-29-25-41(26-30-45)42-27-31-46(32-28-42)66(48-34-36-58-56-22-10-12-24-62(56)68-64(58)40-48)60-38-44-14-2-4-16-50(44)52-18-6-8-20-54(52)60/h1-40H. The lowest BCUT2D eigenvalue weighted by Gasteiger charge is -2.28. The van der Waals surface area contributed by atoms with Crippen molar-refractivity contribution in [1.82, 2.24) is 0 Å². The summed E-state index contributed by atoms with van der Waals surface area (Å²) in [5, 5.41) is 14.1. The van der Waals surface area contributed by atoms with E-state index in [0.29, 0.717) is 0 Å². The van der Waals surface area contributed by atoms with E-state index in [4.69, 9.17) is 8.83 Å². The number of furan rings is 2. The van der Waals surface area contributed by atoms with Crippen LogP contribution in [0.2, 0.25) is 0 Å². The molecule has 318 valence electrons. The van der Waals surface area contributed by atoms with E-state index in [-0.39, 0.29) is 0 Å². The highest BCUT2D eigenvalue weighted by atomic mass is 16.3. The molecule has 0 bridgehead atoms. The van der Waals surface area contributed by atoms with E-state index in [9.17, 15) is 0 Å². The van der Waals surface area contributed by atoms with Gasteiger partial charge in [-0.1, -0.05) is 158 Å². The van der Waals surface area contributed by atoms with Gasteiger partial charge in [-0.2, -0.15) is 0 Å². The minimum Gasteiger partial charge on any atom is -0.456 e. The lowest BCUT2D eigenvalue weighted by Crippen LogP contribution is -2.11. The Bertz CT molecular complexity index is 4000. The Hall–Kier alpha value is -9.12. The molecule has 14 rings (SSSR count). The molecule has 0 amide bonds. The lowest BCUT2D eigenvalue weighted by molar-refractivity contribution is 0.668. The summed E-state index contributed by atoms with van der Waals surface area (Å²) in [6.45, 7) is 0. The maximum absolute atomic E-state index is 6.47. The van der Waals surface area contributed by atoms with Crippen LogP contribution in [0.3, 0.4) is 0 Å². The number of hydrogen-bond donors (Lipinski definition) is 0.